The van der Waals surface area contributed by atoms with Gasteiger partial charge in [-0.3, -0.25) is 0 Å². The van der Waals surface area contributed by atoms with E-state index in [2.05, 4.69) is 5.32 Å². The predicted octanol–water partition coefficient (Wildman–Crippen LogP) is 2.63. The van der Waals surface area contributed by atoms with Crippen LogP contribution in [0.4, 0.5) is 0 Å². The van der Waals surface area contributed by atoms with Crippen molar-refractivity contribution in [3.05, 3.63) is 28.8 Å². The van der Waals surface area contributed by atoms with Crippen LogP contribution >= 0.6 is 11.6 Å². The number of rotatable bonds is 7. The third-order valence-electron chi connectivity index (χ3n) is 3.32. The van der Waals surface area contributed by atoms with Gasteiger partial charge in [-0.2, -0.15) is 0 Å². The molecule has 1 aromatic carbocycles. The second-order valence-corrected chi connectivity index (χ2v) is 5.22. The van der Waals surface area contributed by atoms with E-state index in [0.29, 0.717) is 13.2 Å². The van der Waals surface area contributed by atoms with Crippen LogP contribution in [0.1, 0.15) is 18.4 Å². The van der Waals surface area contributed by atoms with E-state index < -0.39 is 0 Å². The average Bonchev–Trinajstić information content (AvgIpc) is 2.47. The minimum absolute atomic E-state index is 0.222. The molecule has 1 saturated heterocycles. The highest BCUT2D eigenvalue weighted by atomic mass is 35.5. The van der Waals surface area contributed by atoms with Crippen molar-refractivity contribution in [2.24, 2.45) is 0 Å². The van der Waals surface area contributed by atoms with Crippen molar-refractivity contribution in [2.75, 3.05) is 33.5 Å². The number of hydrogen-bond acceptors (Lipinski definition) is 4. The molecular formula is C15H22ClNO3. The number of ether oxygens (including phenoxy) is 3. The number of hydrogen-bond donors (Lipinski definition) is 1. The van der Waals surface area contributed by atoms with E-state index in [1.165, 1.54) is 0 Å². The predicted molar refractivity (Wildman–Crippen MR) is 79.5 cm³/mol. The van der Waals surface area contributed by atoms with Crippen LogP contribution in [0, 0.1) is 0 Å². The van der Waals surface area contributed by atoms with Crippen LogP contribution in [-0.2, 0) is 16.0 Å². The number of methoxy groups -OCH3 is 1. The normalized spacial score (nSPS) is 16.3. The first-order valence-corrected chi connectivity index (χ1v) is 7.40. The molecule has 0 atom stereocenters. The molecule has 1 aliphatic heterocycles. The number of halogens is 1. The number of benzene rings is 1. The molecule has 0 unspecified atom stereocenters. The molecule has 1 N–H and O–H groups in total. The Labute approximate surface area is 125 Å². The maximum atomic E-state index is 6.28. The zero-order valence-corrected chi connectivity index (χ0v) is 12.6. The van der Waals surface area contributed by atoms with Crippen LogP contribution in [0.15, 0.2) is 18.2 Å². The SMILES string of the molecule is COCCNCc1c(Cl)cccc1OC1CCOCC1. The van der Waals surface area contributed by atoms with Crippen molar-refractivity contribution in [3.63, 3.8) is 0 Å². The van der Waals surface area contributed by atoms with Crippen LogP contribution < -0.4 is 10.1 Å². The topological polar surface area (TPSA) is 39.7 Å². The molecule has 1 fully saturated rings. The summed E-state index contributed by atoms with van der Waals surface area (Å²) in [5, 5.41) is 4.04. The third kappa shape index (κ3) is 4.63. The van der Waals surface area contributed by atoms with Gasteiger partial charge in [0.2, 0.25) is 0 Å². The lowest BCUT2D eigenvalue weighted by atomic mass is 10.1. The smallest absolute Gasteiger partial charge is 0.125 e. The first-order valence-electron chi connectivity index (χ1n) is 7.02. The molecule has 20 heavy (non-hydrogen) atoms. The Bertz CT molecular complexity index is 408. The maximum Gasteiger partial charge on any atom is 0.125 e. The molecular weight excluding hydrogens is 278 g/mol. The van der Waals surface area contributed by atoms with Crippen LogP contribution in [0.2, 0.25) is 5.02 Å². The zero-order chi connectivity index (χ0) is 14.2. The van der Waals surface area contributed by atoms with E-state index in [4.69, 9.17) is 25.8 Å². The van der Waals surface area contributed by atoms with Crippen LogP contribution in [-0.4, -0.2) is 39.6 Å². The maximum absolute atomic E-state index is 6.28. The molecule has 1 heterocycles. The molecule has 4 nitrogen and oxygen atoms in total. The van der Waals surface area contributed by atoms with Gasteiger partial charge < -0.3 is 19.5 Å². The fraction of sp³-hybridized carbons (Fsp3) is 0.600. The van der Waals surface area contributed by atoms with Crippen molar-refractivity contribution in [1.82, 2.24) is 5.32 Å². The van der Waals surface area contributed by atoms with Crippen LogP contribution in [0.3, 0.4) is 0 Å². The van der Waals surface area contributed by atoms with E-state index in [0.717, 1.165) is 48.9 Å². The zero-order valence-electron chi connectivity index (χ0n) is 11.9. The fourth-order valence-electron chi connectivity index (χ4n) is 2.18. The summed E-state index contributed by atoms with van der Waals surface area (Å²) in [6.45, 7) is 3.69. The minimum Gasteiger partial charge on any atom is -0.490 e. The van der Waals surface area contributed by atoms with E-state index in [1.54, 1.807) is 7.11 Å². The van der Waals surface area contributed by atoms with Crippen molar-refractivity contribution < 1.29 is 14.2 Å². The van der Waals surface area contributed by atoms with Gasteiger partial charge in [0.25, 0.3) is 0 Å². The highest BCUT2D eigenvalue weighted by Crippen LogP contribution is 2.28. The fourth-order valence-corrected chi connectivity index (χ4v) is 2.41. The first kappa shape index (κ1) is 15.6. The third-order valence-corrected chi connectivity index (χ3v) is 3.68. The summed E-state index contributed by atoms with van der Waals surface area (Å²) in [6, 6.07) is 5.80. The van der Waals surface area contributed by atoms with Gasteiger partial charge in [-0.15, -0.1) is 0 Å². The Morgan fingerprint density at radius 1 is 1.35 bits per heavy atom. The summed E-state index contributed by atoms with van der Waals surface area (Å²) >= 11 is 6.28. The molecule has 1 aliphatic rings. The second-order valence-electron chi connectivity index (χ2n) is 4.82. The summed E-state index contributed by atoms with van der Waals surface area (Å²) in [6.07, 6.45) is 2.09. The molecule has 0 spiro atoms. The van der Waals surface area contributed by atoms with Gasteiger partial charge in [0.05, 0.1) is 19.8 Å². The molecule has 0 aromatic heterocycles. The Morgan fingerprint density at radius 3 is 2.90 bits per heavy atom. The monoisotopic (exact) mass is 299 g/mol. The van der Waals surface area contributed by atoms with Crippen molar-refractivity contribution in [2.45, 2.75) is 25.5 Å². The molecule has 2 rings (SSSR count). The van der Waals surface area contributed by atoms with Crippen molar-refractivity contribution in [3.8, 4) is 5.75 Å². The van der Waals surface area contributed by atoms with Crippen molar-refractivity contribution in [1.29, 1.82) is 0 Å². The Hall–Kier alpha value is -0.810. The second kappa shape index (κ2) is 8.47. The molecule has 1 aromatic rings. The molecule has 112 valence electrons. The molecule has 5 heteroatoms. The molecule has 0 bridgehead atoms. The van der Waals surface area contributed by atoms with Gasteiger partial charge in [-0.25, -0.2) is 0 Å². The van der Waals surface area contributed by atoms with Gasteiger partial charge in [0.15, 0.2) is 0 Å². The quantitative estimate of drug-likeness (QED) is 0.786. The average molecular weight is 300 g/mol. The van der Waals surface area contributed by atoms with Gasteiger partial charge in [-0.1, -0.05) is 17.7 Å². The summed E-state index contributed by atoms with van der Waals surface area (Å²) in [7, 11) is 1.69. The number of nitrogens with one attached hydrogen (secondary N) is 1. The van der Waals surface area contributed by atoms with E-state index in [1.807, 2.05) is 18.2 Å². The summed E-state index contributed by atoms with van der Waals surface area (Å²) in [4.78, 5) is 0. The lowest BCUT2D eigenvalue weighted by Gasteiger charge is -2.25. The lowest BCUT2D eigenvalue weighted by molar-refractivity contribution is 0.0251. The lowest BCUT2D eigenvalue weighted by Crippen LogP contribution is -2.27. The highest BCUT2D eigenvalue weighted by Gasteiger charge is 2.17. The van der Waals surface area contributed by atoms with Crippen LogP contribution in [0.5, 0.6) is 5.75 Å². The van der Waals surface area contributed by atoms with Gasteiger partial charge in [0.1, 0.15) is 11.9 Å². The Morgan fingerprint density at radius 2 is 2.15 bits per heavy atom. The van der Waals surface area contributed by atoms with E-state index in [9.17, 15) is 0 Å². The van der Waals surface area contributed by atoms with Crippen LogP contribution in [0.25, 0.3) is 0 Å². The van der Waals surface area contributed by atoms with Crippen molar-refractivity contribution >= 4 is 11.6 Å². The van der Waals surface area contributed by atoms with E-state index >= 15 is 0 Å². The molecule has 0 radical (unpaired) electrons. The Kier molecular flexibility index (Phi) is 6.60. The largest absolute Gasteiger partial charge is 0.490 e. The minimum atomic E-state index is 0.222. The van der Waals surface area contributed by atoms with E-state index in [-0.39, 0.29) is 6.10 Å². The van der Waals surface area contributed by atoms with Gasteiger partial charge >= 0.3 is 0 Å². The van der Waals surface area contributed by atoms with Gasteiger partial charge in [0, 0.05) is 43.6 Å². The van der Waals surface area contributed by atoms with Gasteiger partial charge in [-0.05, 0) is 12.1 Å². The Balaban J connectivity index is 1.97. The summed E-state index contributed by atoms with van der Waals surface area (Å²) < 4.78 is 16.5. The molecule has 0 saturated carbocycles. The first-order chi connectivity index (χ1) is 9.81. The summed E-state index contributed by atoms with van der Waals surface area (Å²) in [5.74, 6) is 0.870. The highest BCUT2D eigenvalue weighted by molar-refractivity contribution is 6.31. The molecule has 0 aliphatic carbocycles. The summed E-state index contributed by atoms with van der Waals surface area (Å²) in [5.41, 5.74) is 1.01. The molecule has 0 amide bonds. The standard InChI is InChI=1S/C15H22ClNO3/c1-18-10-7-17-11-13-14(16)3-2-4-15(13)20-12-5-8-19-9-6-12/h2-4,12,17H,5-11H2,1H3.